The van der Waals surface area contributed by atoms with Crippen LogP contribution in [0.5, 0.6) is 11.5 Å². The molecule has 1 N–H and O–H groups in total. The van der Waals surface area contributed by atoms with Gasteiger partial charge in [-0.1, -0.05) is 44.2 Å². The van der Waals surface area contributed by atoms with E-state index in [1.165, 1.54) is 0 Å². The van der Waals surface area contributed by atoms with E-state index in [1.807, 2.05) is 44.2 Å². The van der Waals surface area contributed by atoms with E-state index in [0.29, 0.717) is 35.3 Å². The summed E-state index contributed by atoms with van der Waals surface area (Å²) in [4.78, 5) is 12.6. The van der Waals surface area contributed by atoms with Gasteiger partial charge in [0, 0.05) is 12.0 Å². The largest absolute Gasteiger partial charge is 0.507 e. The topological polar surface area (TPSA) is 59.7 Å². The molecule has 0 aliphatic carbocycles. The van der Waals surface area contributed by atoms with E-state index in [1.54, 1.807) is 18.2 Å². The maximum absolute atomic E-state index is 12.6. The van der Waals surface area contributed by atoms with Gasteiger partial charge in [-0.3, -0.25) is 0 Å². The molecule has 0 fully saturated rings. The van der Waals surface area contributed by atoms with Gasteiger partial charge in [-0.05, 0) is 30.5 Å². The number of fused-ring (bicyclic) bond motifs is 1. The lowest BCUT2D eigenvalue weighted by Gasteiger charge is -2.17. The Bertz CT molecular complexity index is 912. The summed E-state index contributed by atoms with van der Waals surface area (Å²) in [6, 6.07) is 14.9. The average Bonchev–Trinajstić information content (AvgIpc) is 2.63. The lowest BCUT2D eigenvalue weighted by atomic mass is 9.89. The second kappa shape index (κ2) is 7.43. The van der Waals surface area contributed by atoms with Gasteiger partial charge in [-0.2, -0.15) is 0 Å². The average molecular weight is 338 g/mol. The molecule has 4 nitrogen and oxygen atoms in total. The van der Waals surface area contributed by atoms with Gasteiger partial charge in [0.15, 0.2) is 0 Å². The molecule has 0 aliphatic heterocycles. The van der Waals surface area contributed by atoms with Crippen LogP contribution in [-0.4, -0.2) is 11.7 Å². The third kappa shape index (κ3) is 3.38. The van der Waals surface area contributed by atoms with Crippen LogP contribution < -0.4 is 10.4 Å². The minimum Gasteiger partial charge on any atom is -0.507 e. The molecule has 0 aliphatic rings. The third-order valence-electron chi connectivity index (χ3n) is 4.32. The maximum atomic E-state index is 12.6. The Morgan fingerprint density at radius 2 is 1.88 bits per heavy atom. The fourth-order valence-electron chi connectivity index (χ4n) is 3.09. The molecule has 0 bridgehead atoms. The summed E-state index contributed by atoms with van der Waals surface area (Å²) in [6.45, 7) is 4.60. The standard InChI is InChI=1S/C21H22O4/c1-3-12-24-15-10-11-17-18(13-15)25-21(23)19(20(17)22)16(4-2)14-8-6-5-7-9-14/h5-11,13,16,22H,3-4,12H2,1-2H3. The smallest absolute Gasteiger partial charge is 0.343 e. The van der Waals surface area contributed by atoms with Crippen molar-refractivity contribution in [2.45, 2.75) is 32.6 Å². The van der Waals surface area contributed by atoms with E-state index >= 15 is 0 Å². The fraction of sp³-hybridized carbons (Fsp3) is 0.286. The monoisotopic (exact) mass is 338 g/mol. The zero-order valence-electron chi connectivity index (χ0n) is 14.5. The van der Waals surface area contributed by atoms with Crippen molar-refractivity contribution >= 4 is 11.0 Å². The first-order valence-electron chi connectivity index (χ1n) is 8.63. The molecular formula is C21H22O4. The van der Waals surface area contributed by atoms with Gasteiger partial charge < -0.3 is 14.3 Å². The highest BCUT2D eigenvalue weighted by Crippen LogP contribution is 2.36. The highest BCUT2D eigenvalue weighted by molar-refractivity contribution is 5.85. The summed E-state index contributed by atoms with van der Waals surface area (Å²) in [5.74, 6) is 0.404. The van der Waals surface area contributed by atoms with Gasteiger partial charge in [0.1, 0.15) is 17.1 Å². The predicted molar refractivity (Wildman–Crippen MR) is 98.5 cm³/mol. The second-order valence-corrected chi connectivity index (χ2v) is 6.03. The Kier molecular flexibility index (Phi) is 5.08. The number of benzene rings is 2. The van der Waals surface area contributed by atoms with Crippen molar-refractivity contribution in [3.05, 3.63) is 70.1 Å². The van der Waals surface area contributed by atoms with E-state index in [2.05, 4.69) is 0 Å². The van der Waals surface area contributed by atoms with Gasteiger partial charge in [0.05, 0.1) is 17.6 Å². The molecule has 1 aromatic heterocycles. The lowest BCUT2D eigenvalue weighted by molar-refractivity contribution is 0.317. The van der Waals surface area contributed by atoms with E-state index < -0.39 is 5.63 Å². The van der Waals surface area contributed by atoms with Crippen molar-refractivity contribution in [1.29, 1.82) is 0 Å². The van der Waals surface area contributed by atoms with Crippen LogP contribution in [0.25, 0.3) is 11.0 Å². The highest BCUT2D eigenvalue weighted by Gasteiger charge is 2.23. The molecular weight excluding hydrogens is 316 g/mol. The van der Waals surface area contributed by atoms with Crippen LogP contribution in [0.3, 0.4) is 0 Å². The molecule has 2 aromatic carbocycles. The van der Waals surface area contributed by atoms with Crippen LogP contribution in [0.4, 0.5) is 0 Å². The summed E-state index contributed by atoms with van der Waals surface area (Å²) >= 11 is 0. The summed E-state index contributed by atoms with van der Waals surface area (Å²) in [6.07, 6.45) is 1.58. The molecule has 130 valence electrons. The van der Waals surface area contributed by atoms with Crippen LogP contribution in [0.15, 0.2) is 57.7 Å². The maximum Gasteiger partial charge on any atom is 0.343 e. The van der Waals surface area contributed by atoms with Crippen LogP contribution in [0.1, 0.15) is 43.7 Å². The van der Waals surface area contributed by atoms with Crippen LogP contribution in [-0.2, 0) is 0 Å². The molecule has 0 amide bonds. The lowest BCUT2D eigenvalue weighted by Crippen LogP contribution is -2.14. The van der Waals surface area contributed by atoms with E-state index in [0.717, 1.165) is 12.0 Å². The van der Waals surface area contributed by atoms with Gasteiger partial charge in [-0.15, -0.1) is 0 Å². The van der Waals surface area contributed by atoms with Gasteiger partial charge in [0.2, 0.25) is 0 Å². The molecule has 4 heteroatoms. The van der Waals surface area contributed by atoms with Crippen LogP contribution >= 0.6 is 0 Å². The summed E-state index contributed by atoms with van der Waals surface area (Å²) in [5, 5.41) is 11.3. The minimum absolute atomic E-state index is 0.0102. The number of rotatable bonds is 6. The molecule has 0 saturated heterocycles. The first-order valence-corrected chi connectivity index (χ1v) is 8.63. The van der Waals surface area contributed by atoms with Gasteiger partial charge in [0.25, 0.3) is 0 Å². The number of ether oxygens (including phenoxy) is 1. The molecule has 1 heterocycles. The predicted octanol–water partition coefficient (Wildman–Crippen LogP) is 4.83. The molecule has 0 saturated carbocycles. The molecule has 3 rings (SSSR count). The Balaban J connectivity index is 2.12. The summed E-state index contributed by atoms with van der Waals surface area (Å²) in [7, 11) is 0. The summed E-state index contributed by atoms with van der Waals surface area (Å²) in [5.41, 5.74) is 1.12. The van der Waals surface area contributed by atoms with Gasteiger partial charge in [-0.25, -0.2) is 4.79 Å². The highest BCUT2D eigenvalue weighted by atomic mass is 16.5. The van der Waals surface area contributed by atoms with E-state index in [-0.39, 0.29) is 11.7 Å². The Morgan fingerprint density at radius 3 is 2.56 bits per heavy atom. The zero-order valence-corrected chi connectivity index (χ0v) is 14.5. The number of aromatic hydroxyl groups is 1. The summed E-state index contributed by atoms with van der Waals surface area (Å²) < 4.78 is 11.1. The fourth-order valence-corrected chi connectivity index (χ4v) is 3.09. The van der Waals surface area contributed by atoms with Crippen molar-refractivity contribution in [3.8, 4) is 11.5 Å². The molecule has 1 atom stereocenters. The quantitative estimate of drug-likeness (QED) is 0.654. The van der Waals surface area contributed by atoms with Crippen molar-refractivity contribution in [3.63, 3.8) is 0 Å². The van der Waals surface area contributed by atoms with Gasteiger partial charge >= 0.3 is 5.63 Å². The normalized spacial score (nSPS) is 12.2. The number of hydrogen-bond donors (Lipinski definition) is 1. The SMILES string of the molecule is CCCOc1ccc2c(O)c(C(CC)c3ccccc3)c(=O)oc2c1. The second-order valence-electron chi connectivity index (χ2n) is 6.03. The molecule has 25 heavy (non-hydrogen) atoms. The van der Waals surface area contributed by atoms with Crippen molar-refractivity contribution in [2.24, 2.45) is 0 Å². The van der Waals surface area contributed by atoms with Crippen molar-refractivity contribution in [2.75, 3.05) is 6.61 Å². The van der Waals surface area contributed by atoms with Crippen molar-refractivity contribution < 1.29 is 14.3 Å². The molecule has 1 unspecified atom stereocenters. The molecule has 0 spiro atoms. The van der Waals surface area contributed by atoms with E-state index in [4.69, 9.17) is 9.15 Å². The Labute approximate surface area is 146 Å². The minimum atomic E-state index is -0.506. The first-order chi connectivity index (χ1) is 12.2. The first kappa shape index (κ1) is 17.1. The zero-order chi connectivity index (χ0) is 17.8. The van der Waals surface area contributed by atoms with Crippen molar-refractivity contribution in [1.82, 2.24) is 0 Å². The molecule has 0 radical (unpaired) electrons. The van der Waals surface area contributed by atoms with Crippen LogP contribution in [0, 0.1) is 0 Å². The Hall–Kier alpha value is -2.75. The van der Waals surface area contributed by atoms with E-state index in [9.17, 15) is 9.90 Å². The molecule has 3 aromatic rings. The Morgan fingerprint density at radius 1 is 1.12 bits per heavy atom. The number of hydrogen-bond acceptors (Lipinski definition) is 4. The third-order valence-corrected chi connectivity index (χ3v) is 4.32. The van der Waals surface area contributed by atoms with Crippen LogP contribution in [0.2, 0.25) is 0 Å².